The van der Waals surface area contributed by atoms with Crippen LogP contribution in [0.25, 0.3) is 16.6 Å². The van der Waals surface area contributed by atoms with E-state index in [1.165, 1.54) is 27.8 Å². The number of fused-ring (bicyclic) bond motifs is 3. The molecule has 19 heavy (non-hydrogen) atoms. The van der Waals surface area contributed by atoms with Gasteiger partial charge in [-0.05, 0) is 30.2 Å². The van der Waals surface area contributed by atoms with E-state index in [-0.39, 0.29) is 0 Å². The van der Waals surface area contributed by atoms with Crippen molar-refractivity contribution in [3.05, 3.63) is 65.9 Å². The largest absolute Gasteiger partial charge is 0.375 e. The van der Waals surface area contributed by atoms with Crippen LogP contribution in [-0.4, -0.2) is 11.2 Å². The Morgan fingerprint density at radius 1 is 0.895 bits per heavy atom. The van der Waals surface area contributed by atoms with E-state index in [0.717, 1.165) is 13.0 Å². The molecule has 0 saturated heterocycles. The molecule has 2 heteroatoms. The predicted molar refractivity (Wildman–Crippen MR) is 76.6 cm³/mol. The minimum Gasteiger partial charge on any atom is -0.375 e. The van der Waals surface area contributed by atoms with Gasteiger partial charge in [-0.1, -0.05) is 36.4 Å². The Morgan fingerprint density at radius 2 is 1.68 bits per heavy atom. The molecule has 0 N–H and O–H groups in total. The summed E-state index contributed by atoms with van der Waals surface area (Å²) in [5.74, 6) is 0. The molecule has 4 rings (SSSR count). The first-order chi connectivity index (χ1) is 9.45. The fourth-order valence-electron chi connectivity index (χ4n) is 3.01. The zero-order chi connectivity index (χ0) is 12.7. The van der Waals surface area contributed by atoms with Gasteiger partial charge in [-0.15, -0.1) is 0 Å². The third-order valence-electron chi connectivity index (χ3n) is 3.84. The van der Waals surface area contributed by atoms with Crippen molar-refractivity contribution in [3.63, 3.8) is 0 Å². The zero-order valence-electron chi connectivity index (χ0n) is 10.7. The lowest BCUT2D eigenvalue weighted by molar-refractivity contribution is 0.107. The summed E-state index contributed by atoms with van der Waals surface area (Å²) in [5, 5.41) is 1.37. The van der Waals surface area contributed by atoms with Gasteiger partial charge in [0.05, 0.1) is 24.4 Å². The Morgan fingerprint density at radius 3 is 2.58 bits per heavy atom. The average molecular weight is 249 g/mol. The topological polar surface area (TPSA) is 14.2 Å². The van der Waals surface area contributed by atoms with Gasteiger partial charge in [0.25, 0.3) is 0 Å². The zero-order valence-corrected chi connectivity index (χ0v) is 10.7. The number of benzene rings is 2. The average Bonchev–Trinajstić information content (AvgIpc) is 2.83. The van der Waals surface area contributed by atoms with Gasteiger partial charge in [-0.2, -0.15) is 0 Å². The van der Waals surface area contributed by atoms with Crippen LogP contribution in [0.4, 0.5) is 0 Å². The van der Waals surface area contributed by atoms with Gasteiger partial charge in [0.15, 0.2) is 0 Å². The highest BCUT2D eigenvalue weighted by Gasteiger charge is 2.20. The summed E-state index contributed by atoms with van der Waals surface area (Å²) < 4.78 is 8.00. The Hall–Kier alpha value is -2.06. The molecule has 94 valence electrons. The van der Waals surface area contributed by atoms with E-state index >= 15 is 0 Å². The van der Waals surface area contributed by atoms with Crippen molar-refractivity contribution in [2.45, 2.75) is 13.0 Å². The highest BCUT2D eigenvalue weighted by molar-refractivity contribution is 5.87. The van der Waals surface area contributed by atoms with Gasteiger partial charge in [0.2, 0.25) is 0 Å². The summed E-state index contributed by atoms with van der Waals surface area (Å²) in [7, 11) is 0. The van der Waals surface area contributed by atoms with Crippen LogP contribution in [0.3, 0.4) is 0 Å². The van der Waals surface area contributed by atoms with Crippen molar-refractivity contribution >= 4 is 10.9 Å². The summed E-state index contributed by atoms with van der Waals surface area (Å²) in [4.78, 5) is 0. The molecule has 0 saturated carbocycles. The summed E-state index contributed by atoms with van der Waals surface area (Å²) >= 11 is 0. The van der Waals surface area contributed by atoms with E-state index in [0.29, 0.717) is 6.61 Å². The standard InChI is InChI=1S/C17H15NO/c1-2-6-13(7-3-1)18-16-9-5-4-8-14(16)15-10-11-19-12-17(15)18/h1-9H,10-12H2. The van der Waals surface area contributed by atoms with Crippen LogP contribution in [0.5, 0.6) is 0 Å². The fraction of sp³-hybridized carbons (Fsp3) is 0.176. The second kappa shape index (κ2) is 4.25. The molecule has 1 aliphatic heterocycles. The number of para-hydroxylation sites is 2. The van der Waals surface area contributed by atoms with Gasteiger partial charge >= 0.3 is 0 Å². The van der Waals surface area contributed by atoms with Crippen molar-refractivity contribution in [2.75, 3.05) is 6.61 Å². The second-order valence-corrected chi connectivity index (χ2v) is 4.92. The molecule has 0 atom stereocenters. The van der Waals surface area contributed by atoms with Crippen LogP contribution in [0.15, 0.2) is 54.6 Å². The summed E-state index contributed by atoms with van der Waals surface area (Å²) in [5.41, 5.74) is 5.25. The summed E-state index contributed by atoms with van der Waals surface area (Å²) in [6, 6.07) is 19.2. The molecule has 0 fully saturated rings. The van der Waals surface area contributed by atoms with E-state index < -0.39 is 0 Å². The maximum absolute atomic E-state index is 5.67. The molecule has 0 radical (unpaired) electrons. The lowest BCUT2D eigenvalue weighted by Gasteiger charge is -2.16. The Bertz CT molecular complexity index is 728. The van der Waals surface area contributed by atoms with Gasteiger partial charge in [-0.25, -0.2) is 0 Å². The number of ether oxygens (including phenoxy) is 1. The highest BCUT2D eigenvalue weighted by atomic mass is 16.5. The van der Waals surface area contributed by atoms with Gasteiger partial charge in [0.1, 0.15) is 0 Å². The number of nitrogens with zero attached hydrogens (tertiary/aromatic N) is 1. The monoisotopic (exact) mass is 249 g/mol. The summed E-state index contributed by atoms with van der Waals surface area (Å²) in [6.45, 7) is 1.54. The molecular formula is C17H15NO. The molecule has 3 aromatic rings. The molecule has 0 aliphatic carbocycles. The molecule has 2 aromatic carbocycles. The van der Waals surface area contributed by atoms with Crippen LogP contribution in [0.2, 0.25) is 0 Å². The first-order valence-electron chi connectivity index (χ1n) is 6.69. The van der Waals surface area contributed by atoms with Crippen molar-refractivity contribution < 1.29 is 4.74 Å². The number of rotatable bonds is 1. The van der Waals surface area contributed by atoms with Crippen LogP contribution in [0, 0.1) is 0 Å². The van der Waals surface area contributed by atoms with Crippen LogP contribution >= 0.6 is 0 Å². The van der Waals surface area contributed by atoms with E-state index in [1.54, 1.807) is 0 Å². The van der Waals surface area contributed by atoms with Crippen molar-refractivity contribution in [2.24, 2.45) is 0 Å². The smallest absolute Gasteiger partial charge is 0.0874 e. The normalized spacial score (nSPS) is 14.5. The Kier molecular flexibility index (Phi) is 2.42. The first-order valence-corrected chi connectivity index (χ1v) is 6.69. The Labute approximate surface area is 112 Å². The molecule has 0 amide bonds. The van der Waals surface area contributed by atoms with Gasteiger partial charge in [0, 0.05) is 11.1 Å². The molecular weight excluding hydrogens is 234 g/mol. The molecule has 2 nitrogen and oxygen atoms in total. The second-order valence-electron chi connectivity index (χ2n) is 4.92. The summed E-state index contributed by atoms with van der Waals surface area (Å²) in [6.07, 6.45) is 1.01. The maximum Gasteiger partial charge on any atom is 0.0874 e. The lowest BCUT2D eigenvalue weighted by Crippen LogP contribution is -2.12. The van der Waals surface area contributed by atoms with Crippen molar-refractivity contribution in [3.8, 4) is 5.69 Å². The quantitative estimate of drug-likeness (QED) is 0.641. The maximum atomic E-state index is 5.67. The highest BCUT2D eigenvalue weighted by Crippen LogP contribution is 2.32. The molecule has 0 bridgehead atoms. The van der Waals surface area contributed by atoms with E-state index in [2.05, 4.69) is 59.2 Å². The van der Waals surface area contributed by atoms with E-state index in [9.17, 15) is 0 Å². The minimum atomic E-state index is 0.707. The van der Waals surface area contributed by atoms with Crippen LogP contribution in [-0.2, 0) is 17.8 Å². The van der Waals surface area contributed by atoms with Gasteiger partial charge < -0.3 is 9.30 Å². The number of hydrogen-bond acceptors (Lipinski definition) is 1. The SMILES string of the molecule is c1ccc(-n2c3c(c4ccccc42)CCOC3)cc1. The molecule has 0 unspecified atom stereocenters. The molecule has 2 heterocycles. The molecule has 1 aromatic heterocycles. The lowest BCUT2D eigenvalue weighted by atomic mass is 10.1. The predicted octanol–water partition coefficient (Wildman–Crippen LogP) is 3.70. The van der Waals surface area contributed by atoms with Crippen LogP contribution in [0.1, 0.15) is 11.3 Å². The van der Waals surface area contributed by atoms with Crippen molar-refractivity contribution in [1.29, 1.82) is 0 Å². The minimum absolute atomic E-state index is 0.707. The molecule has 1 aliphatic rings. The molecule has 0 spiro atoms. The van der Waals surface area contributed by atoms with Gasteiger partial charge in [-0.3, -0.25) is 0 Å². The fourth-order valence-corrected chi connectivity index (χ4v) is 3.01. The van der Waals surface area contributed by atoms with Crippen LogP contribution < -0.4 is 0 Å². The Balaban J connectivity index is 2.09. The number of aromatic nitrogens is 1. The van der Waals surface area contributed by atoms with Crippen molar-refractivity contribution in [1.82, 2.24) is 4.57 Å². The first kappa shape index (κ1) is 10.8. The third-order valence-corrected chi connectivity index (χ3v) is 3.84. The van der Waals surface area contributed by atoms with E-state index in [1.807, 2.05) is 0 Å². The third kappa shape index (κ3) is 1.60. The van der Waals surface area contributed by atoms with E-state index in [4.69, 9.17) is 4.74 Å². The number of hydrogen-bond donors (Lipinski definition) is 0.